The lowest BCUT2D eigenvalue weighted by molar-refractivity contribution is -0.149. The third-order valence-corrected chi connectivity index (χ3v) is 14.2. The lowest BCUT2D eigenvalue weighted by Crippen LogP contribution is -2.59. The van der Waals surface area contributed by atoms with Crippen molar-refractivity contribution in [3.63, 3.8) is 0 Å². The van der Waals surface area contributed by atoms with Gasteiger partial charge in [-0.05, 0) is 119 Å². The summed E-state index contributed by atoms with van der Waals surface area (Å²) in [6.07, 6.45) is -2.70. The molecule has 72 heavy (non-hydrogen) atoms. The van der Waals surface area contributed by atoms with Crippen molar-refractivity contribution < 1.29 is 56.4 Å². The number of nitriles is 1. The fourth-order valence-electron chi connectivity index (χ4n) is 8.78. The van der Waals surface area contributed by atoms with Crippen molar-refractivity contribution in [3.8, 4) is 22.3 Å². The van der Waals surface area contributed by atoms with Crippen LogP contribution in [0, 0.1) is 24.2 Å². The van der Waals surface area contributed by atoms with Gasteiger partial charge in [0.15, 0.2) is 5.11 Å². The van der Waals surface area contributed by atoms with Gasteiger partial charge in [-0.2, -0.15) is 18.4 Å². The zero-order valence-electron chi connectivity index (χ0n) is 40.4. The van der Waals surface area contributed by atoms with E-state index in [0.717, 1.165) is 58.0 Å². The third-order valence-electron chi connectivity index (χ3n) is 12.8. The van der Waals surface area contributed by atoms with Crippen molar-refractivity contribution in [1.29, 1.82) is 5.26 Å². The van der Waals surface area contributed by atoms with E-state index in [1.165, 1.54) is 11.0 Å². The number of carbonyl (C=O) groups excluding carboxylic acids is 4. The van der Waals surface area contributed by atoms with E-state index in [0.29, 0.717) is 37.7 Å². The van der Waals surface area contributed by atoms with Gasteiger partial charge in [-0.25, -0.2) is 4.98 Å². The first-order valence-electron chi connectivity index (χ1n) is 23.7. The second-order valence-electron chi connectivity index (χ2n) is 18.4. The number of β-amino-alcohol motifs (C(OH)–C–C–N with tert-alkyl or cyclic N) is 1. The van der Waals surface area contributed by atoms with Crippen LogP contribution in [0.2, 0.25) is 0 Å². The van der Waals surface area contributed by atoms with Crippen LogP contribution in [0.1, 0.15) is 81.3 Å². The molecule has 3 saturated heterocycles. The topological polar surface area (TPSA) is 196 Å². The second-order valence-corrected chi connectivity index (χ2v) is 19.7. The first-order chi connectivity index (χ1) is 34.4. The minimum atomic E-state index is -4.80. The average molecular weight is 1030 g/mol. The number of anilines is 2. The van der Waals surface area contributed by atoms with Gasteiger partial charge in [0.05, 0.1) is 70.9 Å². The number of unbranched alkanes of at least 4 members (excludes halogenated alkanes) is 2. The highest BCUT2D eigenvalue weighted by molar-refractivity contribution is 7.81. The molecule has 1 aromatic heterocycles. The van der Waals surface area contributed by atoms with Crippen molar-refractivity contribution in [2.75, 3.05) is 62.6 Å². The highest BCUT2D eigenvalue weighted by Gasteiger charge is 2.51. The zero-order valence-corrected chi connectivity index (χ0v) is 42.0. The molecule has 0 bridgehead atoms. The number of hydrogen-bond donors (Lipinski definition) is 3. The maximum absolute atomic E-state index is 14.0. The Morgan fingerprint density at radius 1 is 0.972 bits per heavy atom. The van der Waals surface area contributed by atoms with Gasteiger partial charge in [0.25, 0.3) is 5.91 Å². The summed E-state index contributed by atoms with van der Waals surface area (Å²) in [7, 11) is 0. The molecule has 3 N–H and O–H groups in total. The van der Waals surface area contributed by atoms with Crippen LogP contribution in [0.15, 0.2) is 72.2 Å². The molecule has 3 fully saturated rings. The van der Waals surface area contributed by atoms with Gasteiger partial charge in [-0.15, -0.1) is 11.3 Å². The Labute approximate surface area is 425 Å². The lowest BCUT2D eigenvalue weighted by atomic mass is 9.96. The molecule has 0 radical (unpaired) electrons. The largest absolute Gasteiger partial charge is 0.494 e. The number of amides is 4. The van der Waals surface area contributed by atoms with E-state index in [-0.39, 0.29) is 62.2 Å². The molecule has 3 aromatic carbocycles. The summed E-state index contributed by atoms with van der Waals surface area (Å²) in [5.74, 6) is -1.56. The number of carbonyl (C=O) groups is 4. The molecule has 16 nitrogen and oxygen atoms in total. The molecule has 0 saturated carbocycles. The fraction of sp³-hybridized carbons (Fsp3) is 0.471. The number of hydrogen-bond acceptors (Lipinski definition) is 13. The Bertz CT molecular complexity index is 2620. The van der Waals surface area contributed by atoms with Gasteiger partial charge >= 0.3 is 6.18 Å². The van der Waals surface area contributed by atoms with Gasteiger partial charge in [0.2, 0.25) is 17.7 Å². The average Bonchev–Trinajstić information content (AvgIpc) is 4.00. The van der Waals surface area contributed by atoms with Crippen LogP contribution in [0.5, 0.6) is 5.75 Å². The number of halogens is 3. The Kier molecular flexibility index (Phi) is 17.7. The van der Waals surface area contributed by atoms with Crippen LogP contribution in [-0.4, -0.2) is 120 Å². The molecule has 4 amide bonds. The molecule has 4 atom stereocenters. The summed E-state index contributed by atoms with van der Waals surface area (Å²) in [6.45, 7) is 8.94. The standard InChI is InChI=1S/C51H58F3N7O9S2/c1-31(33-9-11-34(12-10-33)45-32(2)56-30-72-45)57-46(64)42-24-39(62)26-59(42)47(65)44(36-27-69-28-36)58-43(63)29-68-21-8-20-67-19-6-5-7-22-70-40-17-15-37(16-18-40)61-49(71)60(48(66)50(61,3)4)38-14-13-35(25-55)41(23-38)51(52,53)54/h9-18,23,30-31,36,39,42,44,62H,5-8,19-22,24,26-29H2,1-4H3,(H,57,64)(H,58,63). The van der Waals surface area contributed by atoms with Crippen LogP contribution in [0.25, 0.3) is 10.4 Å². The summed E-state index contributed by atoms with van der Waals surface area (Å²) in [5.41, 5.74) is 2.20. The van der Waals surface area contributed by atoms with Gasteiger partial charge in [-0.1, -0.05) is 24.3 Å². The Morgan fingerprint density at radius 2 is 1.65 bits per heavy atom. The Morgan fingerprint density at radius 3 is 2.31 bits per heavy atom. The van der Waals surface area contributed by atoms with Crippen LogP contribution in [0.4, 0.5) is 24.5 Å². The molecule has 3 aliphatic heterocycles. The quantitative estimate of drug-likeness (QED) is 0.0546. The number of thiocarbonyl (C=S) groups is 1. The number of rotatable bonds is 22. The molecular formula is C51H58F3N7O9S2. The summed E-state index contributed by atoms with van der Waals surface area (Å²) < 4.78 is 63.7. The molecule has 0 spiro atoms. The molecular weight excluding hydrogens is 976 g/mol. The smallest absolute Gasteiger partial charge is 0.417 e. The van der Waals surface area contributed by atoms with Crippen LogP contribution < -0.4 is 25.2 Å². The van der Waals surface area contributed by atoms with Crippen LogP contribution in [0.3, 0.4) is 0 Å². The number of alkyl halides is 3. The van der Waals surface area contributed by atoms with Gasteiger partial charge in [0.1, 0.15) is 30.0 Å². The molecule has 21 heteroatoms. The second kappa shape index (κ2) is 23.7. The van der Waals surface area contributed by atoms with Crippen LogP contribution in [-0.2, 0) is 39.6 Å². The maximum Gasteiger partial charge on any atom is 0.417 e. The van der Waals surface area contributed by atoms with Crippen molar-refractivity contribution in [1.82, 2.24) is 20.5 Å². The number of ether oxygens (including phenoxy) is 4. The molecule has 7 rings (SSSR count). The zero-order chi connectivity index (χ0) is 51.7. The van der Waals surface area contributed by atoms with Gasteiger partial charge in [-0.3, -0.25) is 24.1 Å². The third kappa shape index (κ3) is 12.6. The molecule has 4 unspecified atom stereocenters. The maximum atomic E-state index is 14.0. The van der Waals surface area contributed by atoms with E-state index >= 15 is 0 Å². The van der Waals surface area contributed by atoms with Gasteiger partial charge in [0, 0.05) is 44.4 Å². The number of benzene rings is 3. The predicted octanol–water partition coefficient (Wildman–Crippen LogP) is 6.87. The predicted molar refractivity (Wildman–Crippen MR) is 266 cm³/mol. The van der Waals surface area contributed by atoms with Crippen molar-refractivity contribution in [2.24, 2.45) is 5.92 Å². The van der Waals surface area contributed by atoms with E-state index in [2.05, 4.69) is 15.6 Å². The molecule has 4 aromatic rings. The number of nitrogens with one attached hydrogen (secondary N) is 2. The Balaban J connectivity index is 0.770. The normalized spacial score (nSPS) is 18.7. The Hall–Kier alpha value is -6.02. The summed E-state index contributed by atoms with van der Waals surface area (Å²) >= 11 is 7.18. The summed E-state index contributed by atoms with van der Waals surface area (Å²) in [6, 6.07) is 17.1. The van der Waals surface area contributed by atoms with E-state index in [4.69, 9.17) is 31.2 Å². The number of nitrogens with zero attached hydrogens (tertiary/aromatic N) is 5. The van der Waals surface area contributed by atoms with E-state index < -0.39 is 64.7 Å². The number of likely N-dealkylation sites (tertiary alicyclic amines) is 1. The van der Waals surface area contributed by atoms with E-state index in [9.17, 15) is 42.7 Å². The molecule has 4 heterocycles. The molecule has 0 aliphatic carbocycles. The minimum Gasteiger partial charge on any atom is -0.494 e. The first-order valence-corrected chi connectivity index (χ1v) is 25.0. The summed E-state index contributed by atoms with van der Waals surface area (Å²) in [4.78, 5) is 63.5. The number of aromatic nitrogens is 1. The number of aliphatic hydroxyl groups excluding tert-OH is 1. The van der Waals surface area contributed by atoms with Gasteiger partial charge < -0.3 is 44.5 Å². The van der Waals surface area contributed by atoms with Crippen LogP contribution >= 0.6 is 23.6 Å². The van der Waals surface area contributed by atoms with E-state index in [1.54, 1.807) is 65.9 Å². The SMILES string of the molecule is Cc1ncsc1-c1ccc(C(C)NC(=O)C2CC(O)CN2C(=O)C(NC(=O)COCCCOCCCCCOc2ccc(N3C(=S)N(c4ccc(C#N)c(C(F)(F)F)c4)C(=O)C3(C)C)cc2)C2COC2)cc1. The van der Waals surface area contributed by atoms with E-state index in [1.807, 2.05) is 38.1 Å². The molecule has 3 aliphatic rings. The highest BCUT2D eigenvalue weighted by atomic mass is 32.1. The fourth-order valence-corrected chi connectivity index (χ4v) is 10.1. The highest BCUT2D eigenvalue weighted by Crippen LogP contribution is 2.40. The van der Waals surface area contributed by atoms with Crippen molar-refractivity contribution in [2.45, 2.75) is 95.7 Å². The monoisotopic (exact) mass is 1030 g/mol. The molecule has 384 valence electrons. The lowest BCUT2D eigenvalue weighted by Gasteiger charge is -2.36. The summed E-state index contributed by atoms with van der Waals surface area (Å²) in [5, 5.41) is 25.6. The number of aryl methyl sites for hydroxylation is 1. The number of aliphatic hydroxyl groups is 1. The van der Waals surface area contributed by atoms with Crippen molar-refractivity contribution in [3.05, 3.63) is 94.6 Å². The first kappa shape index (κ1) is 53.8. The van der Waals surface area contributed by atoms with Crippen molar-refractivity contribution >= 4 is 63.7 Å². The number of thiazole rings is 1. The minimum absolute atomic E-state index is 0.000406.